The summed E-state index contributed by atoms with van der Waals surface area (Å²) in [7, 11) is 0. The summed E-state index contributed by atoms with van der Waals surface area (Å²) in [6, 6.07) is 0. The second-order valence-electron chi connectivity index (χ2n) is 3.10. The van der Waals surface area contributed by atoms with E-state index >= 15 is 0 Å². The molecule has 1 heterocycles. The third kappa shape index (κ3) is 0.641. The predicted molar refractivity (Wildman–Crippen MR) is 48.1 cm³/mol. The van der Waals surface area contributed by atoms with Crippen molar-refractivity contribution in [2.24, 2.45) is 0 Å². The fraction of sp³-hybridized carbons (Fsp3) is 0.200. The van der Waals surface area contributed by atoms with Gasteiger partial charge in [0.25, 0.3) is 0 Å². The fourth-order valence-corrected chi connectivity index (χ4v) is 2.83. The van der Waals surface area contributed by atoms with Crippen LogP contribution in [0, 0.1) is 0 Å². The van der Waals surface area contributed by atoms with Crippen LogP contribution in [0.4, 0.5) is 0 Å². The minimum atomic E-state index is 0.584. The molecule has 54 valence electrons. The monoisotopic (exact) mass is 160 g/mol. The molecule has 1 aromatic heterocycles. The number of rotatable bonds is 0. The molecule has 4 rings (SSSR count). The van der Waals surface area contributed by atoms with Crippen LogP contribution >= 0.6 is 11.3 Å². The maximum Gasteiger partial charge on any atom is 0.0210 e. The van der Waals surface area contributed by atoms with E-state index in [1.165, 1.54) is 11.1 Å². The third-order valence-corrected chi connectivity index (χ3v) is 3.27. The zero-order valence-corrected chi connectivity index (χ0v) is 6.84. The SMILES string of the molecule is C1=CC2C=CC1c1cscc12. The first-order chi connectivity index (χ1) is 5.45. The molecular formula is C10H8S. The van der Waals surface area contributed by atoms with E-state index in [0.29, 0.717) is 11.8 Å². The van der Waals surface area contributed by atoms with Gasteiger partial charge in [0.1, 0.15) is 0 Å². The molecule has 1 aromatic rings. The van der Waals surface area contributed by atoms with E-state index < -0.39 is 0 Å². The summed E-state index contributed by atoms with van der Waals surface area (Å²) in [6.07, 6.45) is 9.22. The van der Waals surface area contributed by atoms with E-state index in [9.17, 15) is 0 Å². The van der Waals surface area contributed by atoms with Crippen molar-refractivity contribution in [2.45, 2.75) is 11.8 Å². The van der Waals surface area contributed by atoms with Gasteiger partial charge in [-0.15, -0.1) is 0 Å². The standard InChI is InChI=1S/C10H8S/c1-2-8-4-3-7(1)9-5-11-6-10(8)9/h1-8H. The van der Waals surface area contributed by atoms with E-state index in [-0.39, 0.29) is 0 Å². The Morgan fingerprint density at radius 2 is 1.27 bits per heavy atom. The summed E-state index contributed by atoms with van der Waals surface area (Å²) in [5.74, 6) is 1.17. The Bertz CT molecular complexity index is 299. The Morgan fingerprint density at radius 3 is 1.73 bits per heavy atom. The minimum absolute atomic E-state index is 0.584. The summed E-state index contributed by atoms with van der Waals surface area (Å²) in [6.45, 7) is 0. The van der Waals surface area contributed by atoms with Gasteiger partial charge in [0.15, 0.2) is 0 Å². The zero-order valence-electron chi connectivity index (χ0n) is 6.03. The number of hydrogen-bond acceptors (Lipinski definition) is 1. The van der Waals surface area contributed by atoms with Crippen LogP contribution in [0.15, 0.2) is 35.1 Å². The molecule has 2 bridgehead atoms. The van der Waals surface area contributed by atoms with Crippen LogP contribution in [0.3, 0.4) is 0 Å². The molecule has 0 spiro atoms. The van der Waals surface area contributed by atoms with Gasteiger partial charge in [0.2, 0.25) is 0 Å². The summed E-state index contributed by atoms with van der Waals surface area (Å²) in [5.41, 5.74) is 3.06. The highest BCUT2D eigenvalue weighted by Gasteiger charge is 2.24. The highest BCUT2D eigenvalue weighted by Crippen LogP contribution is 2.41. The van der Waals surface area contributed by atoms with Gasteiger partial charge in [-0.05, 0) is 21.9 Å². The van der Waals surface area contributed by atoms with Gasteiger partial charge in [-0.3, -0.25) is 0 Å². The van der Waals surface area contributed by atoms with Gasteiger partial charge >= 0.3 is 0 Å². The molecule has 0 saturated carbocycles. The van der Waals surface area contributed by atoms with Crippen LogP contribution < -0.4 is 0 Å². The largest absolute Gasteiger partial charge is 0.152 e. The van der Waals surface area contributed by atoms with E-state index in [2.05, 4.69) is 35.1 Å². The second-order valence-corrected chi connectivity index (χ2v) is 3.85. The van der Waals surface area contributed by atoms with E-state index in [0.717, 1.165) is 0 Å². The van der Waals surface area contributed by atoms with Gasteiger partial charge in [-0.25, -0.2) is 0 Å². The Labute approximate surface area is 69.9 Å². The minimum Gasteiger partial charge on any atom is -0.152 e. The number of thiophene rings is 1. The second kappa shape index (κ2) is 1.86. The molecule has 0 N–H and O–H groups in total. The fourth-order valence-electron chi connectivity index (χ4n) is 1.88. The Kier molecular flexibility index (Phi) is 0.977. The van der Waals surface area contributed by atoms with Crippen molar-refractivity contribution in [2.75, 3.05) is 0 Å². The predicted octanol–water partition coefficient (Wildman–Crippen LogP) is 3.05. The van der Waals surface area contributed by atoms with Crippen molar-refractivity contribution >= 4 is 11.3 Å². The lowest BCUT2D eigenvalue weighted by Gasteiger charge is -2.25. The van der Waals surface area contributed by atoms with Crippen molar-refractivity contribution in [3.63, 3.8) is 0 Å². The molecule has 0 saturated heterocycles. The van der Waals surface area contributed by atoms with Crippen LogP contribution in [0.5, 0.6) is 0 Å². The van der Waals surface area contributed by atoms with Crippen LogP contribution in [-0.2, 0) is 0 Å². The van der Waals surface area contributed by atoms with Crippen LogP contribution in [-0.4, -0.2) is 0 Å². The third-order valence-electron chi connectivity index (χ3n) is 2.49. The molecule has 0 nitrogen and oxygen atoms in total. The highest BCUT2D eigenvalue weighted by molar-refractivity contribution is 7.08. The summed E-state index contributed by atoms with van der Waals surface area (Å²) in [5, 5.41) is 4.56. The lowest BCUT2D eigenvalue weighted by atomic mass is 9.79. The molecule has 11 heavy (non-hydrogen) atoms. The van der Waals surface area contributed by atoms with Gasteiger partial charge in [0.05, 0.1) is 0 Å². The average Bonchev–Trinajstić information content (AvgIpc) is 2.55. The first-order valence-corrected chi connectivity index (χ1v) is 4.82. The van der Waals surface area contributed by atoms with Gasteiger partial charge in [-0.1, -0.05) is 24.3 Å². The van der Waals surface area contributed by atoms with Crippen LogP contribution in [0.1, 0.15) is 23.0 Å². The molecule has 0 fully saturated rings. The topological polar surface area (TPSA) is 0 Å². The maximum atomic E-state index is 2.31. The normalized spacial score (nSPS) is 30.9. The average molecular weight is 160 g/mol. The first-order valence-electron chi connectivity index (χ1n) is 3.88. The molecule has 0 unspecified atom stereocenters. The van der Waals surface area contributed by atoms with Gasteiger partial charge < -0.3 is 0 Å². The molecular weight excluding hydrogens is 152 g/mol. The zero-order chi connectivity index (χ0) is 7.26. The maximum absolute atomic E-state index is 2.31. The molecule has 0 radical (unpaired) electrons. The Balaban J connectivity index is 2.30. The van der Waals surface area contributed by atoms with Crippen molar-refractivity contribution < 1.29 is 0 Å². The molecule has 0 aromatic carbocycles. The summed E-state index contributed by atoms with van der Waals surface area (Å²) in [4.78, 5) is 0. The van der Waals surface area contributed by atoms with Gasteiger partial charge in [0, 0.05) is 11.8 Å². The van der Waals surface area contributed by atoms with E-state index in [1.54, 1.807) is 0 Å². The van der Waals surface area contributed by atoms with Crippen molar-refractivity contribution in [1.82, 2.24) is 0 Å². The molecule has 0 atom stereocenters. The number of hydrogen-bond donors (Lipinski definition) is 0. The Hall–Kier alpha value is -0.820. The summed E-state index contributed by atoms with van der Waals surface area (Å²) < 4.78 is 0. The van der Waals surface area contributed by atoms with Gasteiger partial charge in [-0.2, -0.15) is 11.3 Å². The lowest BCUT2D eigenvalue weighted by molar-refractivity contribution is 0.889. The smallest absolute Gasteiger partial charge is 0.0210 e. The molecule has 0 amide bonds. The van der Waals surface area contributed by atoms with Crippen molar-refractivity contribution in [1.29, 1.82) is 0 Å². The van der Waals surface area contributed by atoms with Crippen molar-refractivity contribution in [3.8, 4) is 0 Å². The lowest BCUT2D eigenvalue weighted by Crippen LogP contribution is -2.08. The molecule has 3 aliphatic rings. The first kappa shape index (κ1) is 5.78. The van der Waals surface area contributed by atoms with Crippen molar-refractivity contribution in [3.05, 3.63) is 46.2 Å². The highest BCUT2D eigenvalue weighted by atomic mass is 32.1. The summed E-state index contributed by atoms with van der Waals surface area (Å²) >= 11 is 1.82. The Morgan fingerprint density at radius 1 is 0.818 bits per heavy atom. The molecule has 0 aliphatic heterocycles. The van der Waals surface area contributed by atoms with E-state index in [1.807, 2.05) is 11.3 Å². The van der Waals surface area contributed by atoms with E-state index in [4.69, 9.17) is 0 Å². The molecule has 3 aliphatic carbocycles. The quantitative estimate of drug-likeness (QED) is 0.512. The van der Waals surface area contributed by atoms with Crippen LogP contribution in [0.2, 0.25) is 0 Å². The molecule has 1 heteroatoms. The van der Waals surface area contributed by atoms with Crippen LogP contribution in [0.25, 0.3) is 0 Å². The number of allylic oxidation sites excluding steroid dienone is 4.